The zero-order chi connectivity index (χ0) is 15.8. The van der Waals surface area contributed by atoms with Crippen molar-refractivity contribution in [3.05, 3.63) is 52.4 Å². The van der Waals surface area contributed by atoms with Crippen LogP contribution >= 0.6 is 11.6 Å². The van der Waals surface area contributed by atoms with Gasteiger partial charge in [-0.15, -0.1) is 0 Å². The molecule has 0 spiro atoms. The molecule has 110 valence electrons. The van der Waals surface area contributed by atoms with Crippen LogP contribution in [0.15, 0.2) is 30.3 Å². The van der Waals surface area contributed by atoms with Gasteiger partial charge in [0.25, 0.3) is 0 Å². The first-order valence-electron chi connectivity index (χ1n) is 5.47. The molecule has 1 heterocycles. The molecule has 0 atom stereocenters. The first-order valence-corrected chi connectivity index (χ1v) is 5.85. The minimum Gasteiger partial charge on any atom is -0.478 e. The number of hydrogen-bond acceptors (Lipinski definition) is 2. The fourth-order valence-corrected chi connectivity index (χ4v) is 1.88. The van der Waals surface area contributed by atoms with Crippen LogP contribution in [0, 0.1) is 5.82 Å². The summed E-state index contributed by atoms with van der Waals surface area (Å²) in [5.41, 5.74) is -2.14. The largest absolute Gasteiger partial charge is 0.478 e. The maximum Gasteiger partial charge on any atom is 0.416 e. The first-order chi connectivity index (χ1) is 9.70. The second-order valence-corrected chi connectivity index (χ2v) is 4.40. The Morgan fingerprint density at radius 3 is 2.48 bits per heavy atom. The lowest BCUT2D eigenvalue weighted by atomic mass is 10.1. The summed E-state index contributed by atoms with van der Waals surface area (Å²) in [6.45, 7) is 0. The lowest BCUT2D eigenvalue weighted by Crippen LogP contribution is -2.06. The number of hydrogen-bond donors (Lipinski definition) is 1. The molecule has 2 rings (SSSR count). The van der Waals surface area contributed by atoms with Crippen LogP contribution in [-0.4, -0.2) is 16.1 Å². The summed E-state index contributed by atoms with van der Waals surface area (Å²) >= 11 is 5.60. The van der Waals surface area contributed by atoms with E-state index in [4.69, 9.17) is 16.7 Å². The molecule has 21 heavy (non-hydrogen) atoms. The summed E-state index contributed by atoms with van der Waals surface area (Å²) in [5, 5.41) is 8.26. The van der Waals surface area contributed by atoms with E-state index in [1.54, 1.807) is 0 Å². The monoisotopic (exact) mass is 319 g/mol. The molecule has 2 aromatic rings. The first kappa shape index (κ1) is 15.2. The number of aromatic carboxylic acids is 1. The van der Waals surface area contributed by atoms with E-state index < -0.39 is 39.9 Å². The predicted octanol–water partition coefficient (Wildman–Crippen LogP) is 4.26. The molecule has 1 N–H and O–H groups in total. The Labute approximate surface area is 120 Å². The van der Waals surface area contributed by atoms with Crippen LogP contribution in [0.3, 0.4) is 0 Å². The van der Waals surface area contributed by atoms with Gasteiger partial charge < -0.3 is 5.11 Å². The minimum absolute atomic E-state index is 0.152. The van der Waals surface area contributed by atoms with Gasteiger partial charge in [0.1, 0.15) is 16.7 Å². The topological polar surface area (TPSA) is 50.2 Å². The third-order valence-electron chi connectivity index (χ3n) is 2.62. The molecule has 0 saturated heterocycles. The van der Waals surface area contributed by atoms with Crippen LogP contribution in [0.1, 0.15) is 15.9 Å². The van der Waals surface area contributed by atoms with Crippen LogP contribution < -0.4 is 0 Å². The average molecular weight is 320 g/mol. The standard InChI is InChI=1S/C13H6ClF4NO2/c14-11-8(12(20)21)5-9(15)10(19-11)6-2-1-3-7(4-6)13(16,17)18/h1-5H,(H,20,21). The van der Waals surface area contributed by atoms with Crippen molar-refractivity contribution >= 4 is 17.6 Å². The maximum absolute atomic E-state index is 13.8. The summed E-state index contributed by atoms with van der Waals surface area (Å²) in [6.07, 6.45) is -4.59. The number of pyridine rings is 1. The van der Waals surface area contributed by atoms with Gasteiger partial charge in [-0.25, -0.2) is 14.2 Å². The van der Waals surface area contributed by atoms with Crippen molar-refractivity contribution in [3.63, 3.8) is 0 Å². The number of halogens is 5. The fourth-order valence-electron chi connectivity index (χ4n) is 1.66. The second kappa shape index (κ2) is 5.33. The summed E-state index contributed by atoms with van der Waals surface area (Å²) in [6, 6.07) is 4.47. The van der Waals surface area contributed by atoms with Gasteiger partial charge in [0, 0.05) is 5.56 Å². The van der Waals surface area contributed by atoms with Crippen molar-refractivity contribution in [2.45, 2.75) is 6.18 Å². The van der Waals surface area contributed by atoms with Gasteiger partial charge in [-0.3, -0.25) is 0 Å². The predicted molar refractivity (Wildman–Crippen MR) is 66.6 cm³/mol. The molecule has 8 heteroatoms. The number of nitrogens with zero attached hydrogens (tertiary/aromatic N) is 1. The Morgan fingerprint density at radius 1 is 1.24 bits per heavy atom. The molecule has 3 nitrogen and oxygen atoms in total. The van der Waals surface area contributed by atoms with Crippen LogP contribution in [0.25, 0.3) is 11.3 Å². The van der Waals surface area contributed by atoms with E-state index in [9.17, 15) is 22.4 Å². The van der Waals surface area contributed by atoms with Crippen molar-refractivity contribution in [2.75, 3.05) is 0 Å². The summed E-state index contributed by atoms with van der Waals surface area (Å²) in [5.74, 6) is -2.56. The van der Waals surface area contributed by atoms with Gasteiger partial charge >= 0.3 is 12.1 Å². The molecule has 1 aromatic heterocycles. The number of alkyl halides is 3. The van der Waals surface area contributed by atoms with E-state index in [0.717, 1.165) is 12.1 Å². The van der Waals surface area contributed by atoms with E-state index in [1.807, 2.05) is 0 Å². The van der Waals surface area contributed by atoms with Gasteiger partial charge in [0.15, 0.2) is 0 Å². The van der Waals surface area contributed by atoms with Crippen molar-refractivity contribution in [1.29, 1.82) is 0 Å². The smallest absolute Gasteiger partial charge is 0.416 e. The van der Waals surface area contributed by atoms with E-state index in [2.05, 4.69) is 4.98 Å². The van der Waals surface area contributed by atoms with Crippen molar-refractivity contribution in [3.8, 4) is 11.3 Å². The molecule has 0 radical (unpaired) electrons. The number of carbonyl (C=O) groups is 1. The van der Waals surface area contributed by atoms with E-state index >= 15 is 0 Å². The second-order valence-electron chi connectivity index (χ2n) is 4.04. The molecular formula is C13H6ClF4NO2. The highest BCUT2D eigenvalue weighted by Gasteiger charge is 2.30. The Kier molecular flexibility index (Phi) is 3.87. The van der Waals surface area contributed by atoms with Crippen LogP contribution in [0.5, 0.6) is 0 Å². The number of carboxylic acids is 1. The Balaban J connectivity index is 2.58. The highest BCUT2D eigenvalue weighted by molar-refractivity contribution is 6.32. The maximum atomic E-state index is 13.8. The number of aromatic nitrogens is 1. The summed E-state index contributed by atoms with van der Waals surface area (Å²) in [7, 11) is 0. The lowest BCUT2D eigenvalue weighted by Gasteiger charge is -2.10. The van der Waals surface area contributed by atoms with Gasteiger partial charge in [-0.2, -0.15) is 13.2 Å². The van der Waals surface area contributed by atoms with E-state index in [1.165, 1.54) is 6.07 Å². The zero-order valence-corrected chi connectivity index (χ0v) is 10.8. The SMILES string of the molecule is O=C(O)c1cc(F)c(-c2cccc(C(F)(F)F)c2)nc1Cl. The van der Waals surface area contributed by atoms with Gasteiger partial charge in [0.05, 0.1) is 11.1 Å². The van der Waals surface area contributed by atoms with Crippen molar-refractivity contribution in [1.82, 2.24) is 4.98 Å². The number of benzene rings is 1. The summed E-state index contributed by atoms with van der Waals surface area (Å²) < 4.78 is 51.7. The fraction of sp³-hybridized carbons (Fsp3) is 0.0769. The molecule has 0 aliphatic carbocycles. The van der Waals surface area contributed by atoms with Gasteiger partial charge in [0.2, 0.25) is 0 Å². The Morgan fingerprint density at radius 2 is 1.90 bits per heavy atom. The van der Waals surface area contributed by atoms with Crippen LogP contribution in [0.2, 0.25) is 5.15 Å². The Bertz CT molecular complexity index is 716. The van der Waals surface area contributed by atoms with Crippen LogP contribution in [0.4, 0.5) is 17.6 Å². The Hall–Kier alpha value is -2.15. The molecule has 0 fully saturated rings. The van der Waals surface area contributed by atoms with Crippen molar-refractivity contribution in [2.24, 2.45) is 0 Å². The average Bonchev–Trinajstić information content (AvgIpc) is 2.40. The molecule has 0 saturated carbocycles. The molecule has 0 aliphatic rings. The molecule has 0 aliphatic heterocycles. The molecule has 0 unspecified atom stereocenters. The highest BCUT2D eigenvalue weighted by Crippen LogP contribution is 2.33. The molecular weight excluding hydrogens is 314 g/mol. The molecule has 1 aromatic carbocycles. The zero-order valence-electron chi connectivity index (χ0n) is 10.1. The van der Waals surface area contributed by atoms with E-state index in [-0.39, 0.29) is 5.56 Å². The number of carboxylic acid groups (broad SMARTS) is 1. The van der Waals surface area contributed by atoms with E-state index in [0.29, 0.717) is 12.1 Å². The van der Waals surface area contributed by atoms with Gasteiger partial charge in [-0.05, 0) is 18.2 Å². The van der Waals surface area contributed by atoms with Gasteiger partial charge in [-0.1, -0.05) is 23.7 Å². The third kappa shape index (κ3) is 3.13. The molecule has 0 amide bonds. The number of rotatable bonds is 2. The minimum atomic E-state index is -4.59. The third-order valence-corrected chi connectivity index (χ3v) is 2.91. The normalized spacial score (nSPS) is 11.5. The van der Waals surface area contributed by atoms with Crippen LogP contribution in [-0.2, 0) is 6.18 Å². The molecule has 0 bridgehead atoms. The highest BCUT2D eigenvalue weighted by atomic mass is 35.5. The summed E-state index contributed by atoms with van der Waals surface area (Å²) in [4.78, 5) is 14.3. The van der Waals surface area contributed by atoms with Crippen molar-refractivity contribution < 1.29 is 27.5 Å². The lowest BCUT2D eigenvalue weighted by molar-refractivity contribution is -0.137. The quantitative estimate of drug-likeness (QED) is 0.664.